The van der Waals surface area contributed by atoms with Crippen LogP contribution in [0.3, 0.4) is 0 Å². The van der Waals surface area contributed by atoms with Gasteiger partial charge in [-0.2, -0.15) is 0 Å². The number of benzene rings is 1. The van der Waals surface area contributed by atoms with Crippen LogP contribution in [0.5, 0.6) is 0 Å². The van der Waals surface area contributed by atoms with Crippen molar-refractivity contribution in [2.24, 2.45) is 0 Å². The fraction of sp³-hybridized carbons (Fsp3) is 0. The van der Waals surface area contributed by atoms with Crippen molar-refractivity contribution < 1.29 is 4.79 Å². The van der Waals surface area contributed by atoms with Gasteiger partial charge in [-0.3, -0.25) is 10.1 Å². The van der Waals surface area contributed by atoms with Crippen molar-refractivity contribution in [3.8, 4) is 0 Å². The van der Waals surface area contributed by atoms with Crippen molar-refractivity contribution in [3.05, 3.63) is 50.7 Å². The van der Waals surface area contributed by atoms with E-state index in [0.29, 0.717) is 15.1 Å². The number of carbonyl (C=O) groups excluding carboxylic acids is 1. The molecule has 0 spiro atoms. The number of hydrogen-bond donors (Lipinski definition) is 1. The molecule has 92 valence electrons. The van der Waals surface area contributed by atoms with Gasteiger partial charge in [0.1, 0.15) is 5.15 Å². The minimum Gasteiger partial charge on any atom is -0.290 e. The van der Waals surface area contributed by atoms with Gasteiger partial charge in [0.05, 0.1) is 10.6 Å². The highest BCUT2D eigenvalue weighted by molar-refractivity contribution is 9.10. The molecule has 0 aliphatic carbocycles. The van der Waals surface area contributed by atoms with Crippen LogP contribution >= 0.6 is 39.1 Å². The summed E-state index contributed by atoms with van der Waals surface area (Å²) in [5.74, 6) is -0.271. The van der Waals surface area contributed by atoms with Crippen molar-refractivity contribution in [3.63, 3.8) is 0 Å². The van der Waals surface area contributed by atoms with Crippen LogP contribution in [-0.4, -0.2) is 15.9 Å². The second kappa shape index (κ2) is 5.65. The number of nitrogens with zero attached hydrogens (tertiary/aromatic N) is 2. The zero-order valence-electron chi connectivity index (χ0n) is 8.82. The molecule has 18 heavy (non-hydrogen) atoms. The van der Waals surface area contributed by atoms with Gasteiger partial charge in [-0.15, -0.1) is 0 Å². The van der Waals surface area contributed by atoms with Crippen molar-refractivity contribution in [1.29, 1.82) is 0 Å². The Morgan fingerprint density at radius 3 is 2.78 bits per heavy atom. The molecule has 1 amide bonds. The van der Waals surface area contributed by atoms with Gasteiger partial charge < -0.3 is 0 Å². The van der Waals surface area contributed by atoms with E-state index >= 15 is 0 Å². The molecular weight excluding hydrogens is 341 g/mol. The summed E-state index contributed by atoms with van der Waals surface area (Å²) in [6, 6.07) is 6.58. The molecule has 1 N–H and O–H groups in total. The first-order chi connectivity index (χ1) is 8.58. The summed E-state index contributed by atoms with van der Waals surface area (Å²) >= 11 is 15.0. The van der Waals surface area contributed by atoms with Gasteiger partial charge in [0.2, 0.25) is 5.95 Å². The van der Waals surface area contributed by atoms with E-state index in [1.54, 1.807) is 18.2 Å². The number of rotatable bonds is 2. The molecule has 0 radical (unpaired) electrons. The van der Waals surface area contributed by atoms with Gasteiger partial charge in [-0.05, 0) is 34.1 Å². The molecule has 4 nitrogen and oxygen atoms in total. The quantitative estimate of drug-likeness (QED) is 0.841. The van der Waals surface area contributed by atoms with Gasteiger partial charge in [-0.25, -0.2) is 9.97 Å². The summed E-state index contributed by atoms with van der Waals surface area (Å²) in [5.41, 5.74) is 0.328. The van der Waals surface area contributed by atoms with Crippen molar-refractivity contribution >= 4 is 51.0 Å². The van der Waals surface area contributed by atoms with Crippen LogP contribution in [0.4, 0.5) is 5.95 Å². The molecule has 1 aromatic carbocycles. The van der Waals surface area contributed by atoms with Crippen molar-refractivity contribution in [2.75, 3.05) is 5.32 Å². The topological polar surface area (TPSA) is 54.9 Å². The Bertz CT molecular complexity index is 607. The average molecular weight is 347 g/mol. The zero-order chi connectivity index (χ0) is 13.1. The van der Waals surface area contributed by atoms with E-state index < -0.39 is 5.91 Å². The minimum absolute atomic E-state index is 0.128. The van der Waals surface area contributed by atoms with Gasteiger partial charge in [0, 0.05) is 10.7 Å². The predicted molar refractivity (Wildman–Crippen MR) is 74.1 cm³/mol. The van der Waals surface area contributed by atoms with E-state index in [1.165, 1.54) is 12.3 Å². The lowest BCUT2D eigenvalue weighted by Gasteiger charge is -2.06. The highest BCUT2D eigenvalue weighted by Gasteiger charge is 2.13. The fourth-order valence-corrected chi connectivity index (χ4v) is 1.96. The standard InChI is InChI=1S/C11H6BrCl2N3O/c12-7-3-1-2-6(9(7)14)10(18)17-11-15-5-4-8(13)16-11/h1-5H,(H,15,16,17,18). The summed E-state index contributed by atoms with van der Waals surface area (Å²) < 4.78 is 0.642. The SMILES string of the molecule is O=C(Nc1nccc(Cl)n1)c1cccc(Br)c1Cl. The molecular formula is C11H6BrCl2N3O. The molecule has 7 heteroatoms. The second-order valence-electron chi connectivity index (χ2n) is 3.26. The van der Waals surface area contributed by atoms with Crippen molar-refractivity contribution in [2.45, 2.75) is 0 Å². The molecule has 0 unspecified atom stereocenters. The zero-order valence-corrected chi connectivity index (χ0v) is 11.9. The lowest BCUT2D eigenvalue weighted by Crippen LogP contribution is -2.14. The molecule has 0 atom stereocenters. The maximum Gasteiger partial charge on any atom is 0.259 e. The number of anilines is 1. The monoisotopic (exact) mass is 345 g/mol. The van der Waals surface area contributed by atoms with E-state index in [2.05, 4.69) is 31.2 Å². The maximum atomic E-state index is 12.0. The van der Waals surface area contributed by atoms with E-state index in [1.807, 2.05) is 0 Å². The summed E-state index contributed by atoms with van der Waals surface area (Å²) in [7, 11) is 0. The Morgan fingerprint density at radius 2 is 2.06 bits per heavy atom. The number of carbonyl (C=O) groups is 1. The molecule has 0 bridgehead atoms. The molecule has 0 fully saturated rings. The second-order valence-corrected chi connectivity index (χ2v) is 4.88. The Kier molecular flexibility index (Phi) is 4.16. The first-order valence-electron chi connectivity index (χ1n) is 4.82. The Labute approximate surface area is 121 Å². The third-order valence-corrected chi connectivity index (χ3v) is 3.55. The number of aromatic nitrogens is 2. The van der Waals surface area contributed by atoms with Crippen LogP contribution in [0, 0.1) is 0 Å². The van der Waals surface area contributed by atoms with Gasteiger partial charge in [0.25, 0.3) is 5.91 Å². The number of amides is 1. The molecule has 2 rings (SSSR count). The van der Waals surface area contributed by atoms with Gasteiger partial charge >= 0.3 is 0 Å². The Balaban J connectivity index is 2.25. The van der Waals surface area contributed by atoms with E-state index in [0.717, 1.165) is 0 Å². The average Bonchev–Trinajstić information content (AvgIpc) is 2.32. The summed E-state index contributed by atoms with van der Waals surface area (Å²) in [5, 5.41) is 3.10. The lowest BCUT2D eigenvalue weighted by molar-refractivity contribution is 0.102. The first-order valence-corrected chi connectivity index (χ1v) is 6.37. The number of hydrogen-bond acceptors (Lipinski definition) is 3. The summed E-state index contributed by atoms with van der Waals surface area (Å²) in [6.45, 7) is 0. The fourth-order valence-electron chi connectivity index (χ4n) is 1.24. The molecule has 1 heterocycles. The minimum atomic E-state index is -0.399. The van der Waals surface area contributed by atoms with Crippen LogP contribution in [0.2, 0.25) is 10.2 Å². The summed E-state index contributed by atoms with van der Waals surface area (Å²) in [4.78, 5) is 19.7. The van der Waals surface area contributed by atoms with Crippen LogP contribution in [0.25, 0.3) is 0 Å². The molecule has 1 aromatic heterocycles. The van der Waals surface area contributed by atoms with Gasteiger partial charge in [0.15, 0.2) is 0 Å². The summed E-state index contributed by atoms with van der Waals surface area (Å²) in [6.07, 6.45) is 1.45. The number of nitrogens with one attached hydrogen (secondary N) is 1. The third kappa shape index (κ3) is 2.98. The maximum absolute atomic E-state index is 12.0. The van der Waals surface area contributed by atoms with E-state index in [-0.39, 0.29) is 11.1 Å². The van der Waals surface area contributed by atoms with E-state index in [4.69, 9.17) is 23.2 Å². The molecule has 0 saturated carbocycles. The normalized spacial score (nSPS) is 10.2. The predicted octanol–water partition coefficient (Wildman–Crippen LogP) is 3.80. The number of halogens is 3. The highest BCUT2D eigenvalue weighted by Crippen LogP contribution is 2.26. The van der Waals surface area contributed by atoms with Crippen LogP contribution in [0.15, 0.2) is 34.9 Å². The first kappa shape index (κ1) is 13.3. The molecule has 0 aliphatic rings. The van der Waals surface area contributed by atoms with Crippen LogP contribution in [-0.2, 0) is 0 Å². The van der Waals surface area contributed by atoms with Gasteiger partial charge in [-0.1, -0.05) is 29.3 Å². The smallest absolute Gasteiger partial charge is 0.259 e. The van der Waals surface area contributed by atoms with Crippen molar-refractivity contribution in [1.82, 2.24) is 9.97 Å². The van der Waals surface area contributed by atoms with Crippen LogP contribution in [0.1, 0.15) is 10.4 Å². The molecule has 0 aliphatic heterocycles. The lowest BCUT2D eigenvalue weighted by atomic mass is 10.2. The Morgan fingerprint density at radius 1 is 1.28 bits per heavy atom. The Hall–Kier alpha value is -1.17. The highest BCUT2D eigenvalue weighted by atomic mass is 79.9. The third-order valence-electron chi connectivity index (χ3n) is 2.04. The van der Waals surface area contributed by atoms with Crippen LogP contribution < -0.4 is 5.32 Å². The van der Waals surface area contributed by atoms with E-state index in [9.17, 15) is 4.79 Å². The molecule has 2 aromatic rings. The largest absolute Gasteiger partial charge is 0.290 e. The molecule has 0 saturated heterocycles.